The van der Waals surface area contributed by atoms with Crippen molar-refractivity contribution in [2.75, 3.05) is 0 Å². The SMILES string of the molecule is Cc1cc(C2=CC(c3ccc4c(c3)C=CC4)=CC2)ccc1CCC=O. The molecule has 2 aromatic rings. The number of carbonyl (C=O) groups excluding carboxylic acids is 1. The van der Waals surface area contributed by atoms with Crippen LogP contribution in [-0.4, -0.2) is 6.29 Å². The zero-order valence-electron chi connectivity index (χ0n) is 14.6. The molecule has 1 nitrogen and oxygen atoms in total. The molecular weight excluding hydrogens is 304 g/mol. The third kappa shape index (κ3) is 3.15. The van der Waals surface area contributed by atoms with Crippen LogP contribution in [0.25, 0.3) is 17.2 Å². The van der Waals surface area contributed by atoms with E-state index < -0.39 is 0 Å². The molecule has 124 valence electrons. The first-order valence-electron chi connectivity index (χ1n) is 8.99. The van der Waals surface area contributed by atoms with Crippen molar-refractivity contribution >= 4 is 23.5 Å². The number of hydrogen-bond acceptors (Lipinski definition) is 1. The molecule has 0 saturated heterocycles. The maximum atomic E-state index is 10.6. The van der Waals surface area contributed by atoms with E-state index in [1.807, 2.05) is 0 Å². The van der Waals surface area contributed by atoms with E-state index in [9.17, 15) is 4.79 Å². The molecule has 0 aliphatic heterocycles. The van der Waals surface area contributed by atoms with E-state index >= 15 is 0 Å². The van der Waals surface area contributed by atoms with E-state index in [-0.39, 0.29) is 0 Å². The van der Waals surface area contributed by atoms with Gasteiger partial charge < -0.3 is 4.79 Å². The van der Waals surface area contributed by atoms with Crippen LogP contribution in [-0.2, 0) is 17.6 Å². The topological polar surface area (TPSA) is 17.1 Å². The Bertz CT molecular complexity index is 925. The van der Waals surface area contributed by atoms with Crippen molar-refractivity contribution in [1.29, 1.82) is 0 Å². The average molecular weight is 326 g/mol. The maximum Gasteiger partial charge on any atom is 0.120 e. The van der Waals surface area contributed by atoms with E-state index in [1.165, 1.54) is 44.5 Å². The molecule has 2 aliphatic rings. The Morgan fingerprint density at radius 1 is 1.04 bits per heavy atom. The predicted octanol–water partition coefficient (Wildman–Crippen LogP) is 5.57. The molecule has 0 aromatic heterocycles. The highest BCUT2D eigenvalue weighted by molar-refractivity contribution is 5.90. The Kier molecular flexibility index (Phi) is 4.23. The van der Waals surface area contributed by atoms with Gasteiger partial charge in [-0.05, 0) is 76.8 Å². The van der Waals surface area contributed by atoms with Crippen LogP contribution in [0.3, 0.4) is 0 Å². The quantitative estimate of drug-likeness (QED) is 0.657. The maximum absolute atomic E-state index is 10.6. The Morgan fingerprint density at radius 2 is 1.92 bits per heavy atom. The second-order valence-electron chi connectivity index (χ2n) is 6.90. The fraction of sp³-hybridized carbons (Fsp3) is 0.208. The monoisotopic (exact) mass is 326 g/mol. The first kappa shape index (κ1) is 15.8. The lowest BCUT2D eigenvalue weighted by atomic mass is 9.97. The van der Waals surface area contributed by atoms with Crippen LogP contribution >= 0.6 is 0 Å². The van der Waals surface area contributed by atoms with Crippen LogP contribution in [0.2, 0.25) is 0 Å². The summed E-state index contributed by atoms with van der Waals surface area (Å²) in [6.45, 7) is 2.14. The first-order valence-corrected chi connectivity index (χ1v) is 8.99. The smallest absolute Gasteiger partial charge is 0.120 e. The van der Waals surface area contributed by atoms with Crippen molar-refractivity contribution in [2.45, 2.75) is 32.6 Å². The molecule has 1 heteroatoms. The summed E-state index contributed by atoms with van der Waals surface area (Å²) < 4.78 is 0. The summed E-state index contributed by atoms with van der Waals surface area (Å²) in [7, 11) is 0. The zero-order chi connectivity index (χ0) is 17.2. The second-order valence-corrected chi connectivity index (χ2v) is 6.90. The summed E-state index contributed by atoms with van der Waals surface area (Å²) in [5, 5.41) is 0. The van der Waals surface area contributed by atoms with Gasteiger partial charge >= 0.3 is 0 Å². The molecule has 0 spiro atoms. The van der Waals surface area contributed by atoms with Gasteiger partial charge in [0.25, 0.3) is 0 Å². The molecule has 0 N–H and O–H groups in total. The molecule has 2 aliphatic carbocycles. The number of hydrogen-bond donors (Lipinski definition) is 0. The van der Waals surface area contributed by atoms with Gasteiger partial charge in [0.05, 0.1) is 0 Å². The highest BCUT2D eigenvalue weighted by Crippen LogP contribution is 2.34. The van der Waals surface area contributed by atoms with Crippen LogP contribution < -0.4 is 0 Å². The standard InChI is InChI=1S/C24H22O/c1-17-14-21(9-7-18(17)6-3-13-25)22-11-12-24(16-22)23-10-8-19-4-2-5-20(19)15-23/h2,5,7-10,12-16H,3-4,6,11H2,1H3. The molecular formula is C24H22O. The Balaban J connectivity index is 1.57. The summed E-state index contributed by atoms with van der Waals surface area (Å²) in [4.78, 5) is 10.6. The van der Waals surface area contributed by atoms with E-state index in [0.29, 0.717) is 6.42 Å². The molecule has 0 saturated carbocycles. The van der Waals surface area contributed by atoms with Crippen molar-refractivity contribution in [3.05, 3.63) is 88.0 Å². The van der Waals surface area contributed by atoms with Crippen LogP contribution in [0.4, 0.5) is 0 Å². The van der Waals surface area contributed by atoms with Crippen LogP contribution in [0.1, 0.15) is 46.2 Å². The molecule has 0 amide bonds. The number of aryl methyl sites for hydroxylation is 2. The largest absolute Gasteiger partial charge is 0.303 e. The van der Waals surface area contributed by atoms with Gasteiger partial charge in [-0.2, -0.15) is 0 Å². The van der Waals surface area contributed by atoms with Gasteiger partial charge in [-0.25, -0.2) is 0 Å². The minimum Gasteiger partial charge on any atom is -0.303 e. The Morgan fingerprint density at radius 3 is 2.76 bits per heavy atom. The van der Waals surface area contributed by atoms with Crippen molar-refractivity contribution in [2.24, 2.45) is 0 Å². The summed E-state index contributed by atoms with van der Waals surface area (Å²) in [5.74, 6) is 0. The lowest BCUT2D eigenvalue weighted by Crippen LogP contribution is -1.92. The highest BCUT2D eigenvalue weighted by Gasteiger charge is 2.13. The predicted molar refractivity (Wildman–Crippen MR) is 105 cm³/mol. The van der Waals surface area contributed by atoms with Gasteiger partial charge in [0.2, 0.25) is 0 Å². The second kappa shape index (κ2) is 6.68. The molecule has 0 heterocycles. The van der Waals surface area contributed by atoms with E-state index in [2.05, 4.69) is 67.6 Å². The van der Waals surface area contributed by atoms with Gasteiger partial charge in [-0.1, -0.05) is 54.6 Å². The number of carbonyl (C=O) groups is 1. The molecule has 2 aromatic carbocycles. The molecule has 0 bridgehead atoms. The number of allylic oxidation sites excluding steroid dienone is 5. The van der Waals surface area contributed by atoms with Gasteiger partial charge in [0.15, 0.2) is 0 Å². The fourth-order valence-corrected chi connectivity index (χ4v) is 3.75. The summed E-state index contributed by atoms with van der Waals surface area (Å²) in [6.07, 6.45) is 13.6. The van der Waals surface area contributed by atoms with E-state index in [0.717, 1.165) is 25.5 Å². The van der Waals surface area contributed by atoms with Crippen molar-refractivity contribution in [3.8, 4) is 0 Å². The summed E-state index contributed by atoms with van der Waals surface area (Å²) in [6, 6.07) is 13.4. The summed E-state index contributed by atoms with van der Waals surface area (Å²) >= 11 is 0. The third-order valence-corrected chi connectivity index (χ3v) is 5.23. The van der Waals surface area contributed by atoms with Gasteiger partial charge in [-0.15, -0.1) is 0 Å². The molecule has 4 rings (SSSR count). The van der Waals surface area contributed by atoms with Crippen LogP contribution in [0.5, 0.6) is 0 Å². The molecule has 0 radical (unpaired) electrons. The van der Waals surface area contributed by atoms with Crippen molar-refractivity contribution in [1.82, 2.24) is 0 Å². The highest BCUT2D eigenvalue weighted by atomic mass is 16.1. The molecule has 0 fully saturated rings. The normalized spacial score (nSPS) is 15.1. The van der Waals surface area contributed by atoms with Crippen molar-refractivity contribution in [3.63, 3.8) is 0 Å². The summed E-state index contributed by atoms with van der Waals surface area (Å²) in [5.41, 5.74) is 10.6. The van der Waals surface area contributed by atoms with E-state index in [4.69, 9.17) is 0 Å². The molecule has 0 unspecified atom stereocenters. The first-order chi connectivity index (χ1) is 12.2. The van der Waals surface area contributed by atoms with Gasteiger partial charge in [0, 0.05) is 6.42 Å². The zero-order valence-corrected chi connectivity index (χ0v) is 14.6. The van der Waals surface area contributed by atoms with E-state index in [1.54, 1.807) is 0 Å². The number of aldehydes is 1. The molecule has 25 heavy (non-hydrogen) atoms. The lowest BCUT2D eigenvalue weighted by Gasteiger charge is -2.08. The average Bonchev–Trinajstić information content (AvgIpc) is 3.29. The van der Waals surface area contributed by atoms with Crippen molar-refractivity contribution < 1.29 is 4.79 Å². The minimum absolute atomic E-state index is 0.599. The number of rotatable bonds is 5. The lowest BCUT2D eigenvalue weighted by molar-refractivity contribution is -0.107. The van der Waals surface area contributed by atoms with Gasteiger partial charge in [0.1, 0.15) is 6.29 Å². The minimum atomic E-state index is 0.599. The fourth-order valence-electron chi connectivity index (χ4n) is 3.75. The van der Waals surface area contributed by atoms with Crippen LogP contribution in [0.15, 0.2) is 54.6 Å². The Hall–Kier alpha value is -2.67. The van der Waals surface area contributed by atoms with Crippen LogP contribution in [0, 0.1) is 6.92 Å². The molecule has 0 atom stereocenters. The third-order valence-electron chi connectivity index (χ3n) is 5.23. The Labute approximate surface area is 149 Å². The number of benzene rings is 2. The van der Waals surface area contributed by atoms with Gasteiger partial charge in [-0.3, -0.25) is 0 Å². The number of fused-ring (bicyclic) bond motifs is 1.